The van der Waals surface area contributed by atoms with Crippen molar-refractivity contribution in [2.75, 3.05) is 13.2 Å². The van der Waals surface area contributed by atoms with Crippen LogP contribution in [0.2, 0.25) is 0 Å². The van der Waals surface area contributed by atoms with Gasteiger partial charge in [0.05, 0.1) is 11.1 Å². The molecule has 0 heterocycles. The fourth-order valence-electron chi connectivity index (χ4n) is 1.71. The first-order valence-electron chi connectivity index (χ1n) is 7.07. The van der Waals surface area contributed by atoms with Gasteiger partial charge in [-0.2, -0.15) is 0 Å². The monoisotopic (exact) mass is 358 g/mol. The summed E-state index contributed by atoms with van der Waals surface area (Å²) in [5.74, 6) is 0.587. The lowest BCUT2D eigenvalue weighted by molar-refractivity contribution is -0.119. The number of nitrogens with two attached hydrogens (primary N) is 1. The van der Waals surface area contributed by atoms with Crippen LogP contribution in [-0.2, 0) is 11.3 Å². The predicted octanol–water partition coefficient (Wildman–Crippen LogP) is 2.60. The van der Waals surface area contributed by atoms with Gasteiger partial charge >= 0.3 is 0 Å². The maximum Gasteiger partial charge on any atom is 0.255 e. The average molecular weight is 359 g/mol. The lowest BCUT2D eigenvalue weighted by Gasteiger charge is -2.16. The van der Waals surface area contributed by atoms with Gasteiger partial charge in [0.25, 0.3) is 5.91 Å². The second-order valence-electron chi connectivity index (χ2n) is 4.78. The first kappa shape index (κ1) is 17.8. The van der Waals surface area contributed by atoms with Crippen molar-refractivity contribution in [1.82, 2.24) is 5.32 Å². The van der Waals surface area contributed by atoms with Crippen LogP contribution < -0.4 is 20.5 Å². The van der Waals surface area contributed by atoms with Gasteiger partial charge in [-0.3, -0.25) is 4.79 Å². The zero-order chi connectivity index (χ0) is 15.8. The minimum atomic E-state index is -0.521. The summed E-state index contributed by atoms with van der Waals surface area (Å²) < 4.78 is 11.8. The molecule has 0 unspecified atom stereocenters. The number of ether oxygens (including phenoxy) is 2. The SMILES string of the molecule is CCOc1cc(CN[C@@H](C)CC)cc(Br)c1OCC(N)=O. The number of benzene rings is 1. The van der Waals surface area contributed by atoms with Gasteiger partial charge in [0.15, 0.2) is 18.1 Å². The number of hydrogen-bond donors (Lipinski definition) is 2. The number of rotatable bonds is 9. The Morgan fingerprint density at radius 3 is 2.67 bits per heavy atom. The number of halogens is 1. The topological polar surface area (TPSA) is 73.6 Å². The second-order valence-corrected chi connectivity index (χ2v) is 5.64. The Morgan fingerprint density at radius 2 is 2.10 bits per heavy atom. The number of carbonyl (C=O) groups is 1. The van der Waals surface area contributed by atoms with Crippen molar-refractivity contribution in [2.24, 2.45) is 5.73 Å². The van der Waals surface area contributed by atoms with Crippen LogP contribution in [0.4, 0.5) is 0 Å². The largest absolute Gasteiger partial charge is 0.490 e. The molecule has 3 N–H and O–H groups in total. The third-order valence-corrected chi connectivity index (χ3v) is 3.58. The molecule has 0 radical (unpaired) electrons. The number of carbonyl (C=O) groups excluding carboxylic acids is 1. The van der Waals surface area contributed by atoms with E-state index in [9.17, 15) is 4.79 Å². The van der Waals surface area contributed by atoms with Crippen molar-refractivity contribution < 1.29 is 14.3 Å². The van der Waals surface area contributed by atoms with E-state index in [1.54, 1.807) is 0 Å². The van der Waals surface area contributed by atoms with E-state index in [2.05, 4.69) is 35.1 Å². The van der Waals surface area contributed by atoms with Crippen molar-refractivity contribution in [3.05, 3.63) is 22.2 Å². The van der Waals surface area contributed by atoms with Gasteiger partial charge in [-0.05, 0) is 53.9 Å². The molecule has 5 nitrogen and oxygen atoms in total. The quantitative estimate of drug-likeness (QED) is 0.711. The molecule has 21 heavy (non-hydrogen) atoms. The number of hydrogen-bond acceptors (Lipinski definition) is 4. The summed E-state index contributed by atoms with van der Waals surface area (Å²) in [5, 5.41) is 3.42. The highest BCUT2D eigenvalue weighted by molar-refractivity contribution is 9.10. The van der Waals surface area contributed by atoms with Gasteiger partial charge in [0.2, 0.25) is 0 Å². The van der Waals surface area contributed by atoms with E-state index < -0.39 is 5.91 Å². The summed E-state index contributed by atoms with van der Waals surface area (Å²) in [4.78, 5) is 10.9. The molecule has 1 atom stereocenters. The molecule has 0 fully saturated rings. The lowest BCUT2D eigenvalue weighted by Crippen LogP contribution is -2.24. The number of nitrogens with one attached hydrogen (secondary N) is 1. The molecular formula is C15H23BrN2O3. The summed E-state index contributed by atoms with van der Waals surface area (Å²) in [6, 6.07) is 4.32. The Labute approximate surface area is 134 Å². The van der Waals surface area contributed by atoms with Crippen molar-refractivity contribution in [3.8, 4) is 11.5 Å². The van der Waals surface area contributed by atoms with Crippen LogP contribution in [0.5, 0.6) is 11.5 Å². The Bertz CT molecular complexity index is 480. The Balaban J connectivity index is 2.91. The molecule has 0 aliphatic heterocycles. The fraction of sp³-hybridized carbons (Fsp3) is 0.533. The van der Waals surface area contributed by atoms with Crippen LogP contribution in [0.1, 0.15) is 32.8 Å². The first-order valence-corrected chi connectivity index (χ1v) is 7.86. The van der Waals surface area contributed by atoms with E-state index >= 15 is 0 Å². The number of amides is 1. The highest BCUT2D eigenvalue weighted by atomic mass is 79.9. The third kappa shape index (κ3) is 5.93. The Kier molecular flexibility index (Phi) is 7.53. The molecule has 0 aliphatic rings. The minimum absolute atomic E-state index is 0.177. The highest BCUT2D eigenvalue weighted by Crippen LogP contribution is 2.37. The molecule has 0 saturated carbocycles. The van der Waals surface area contributed by atoms with E-state index in [1.165, 1.54) is 0 Å². The summed E-state index contributed by atoms with van der Waals surface area (Å²) in [7, 11) is 0. The van der Waals surface area contributed by atoms with Crippen LogP contribution in [0.25, 0.3) is 0 Å². The fourth-order valence-corrected chi connectivity index (χ4v) is 2.31. The molecule has 118 valence electrons. The smallest absolute Gasteiger partial charge is 0.255 e. The Hall–Kier alpha value is -1.27. The second kappa shape index (κ2) is 8.89. The van der Waals surface area contributed by atoms with Crippen LogP contribution in [0.15, 0.2) is 16.6 Å². The summed E-state index contributed by atoms with van der Waals surface area (Å²) in [5.41, 5.74) is 6.19. The minimum Gasteiger partial charge on any atom is -0.490 e. The average Bonchev–Trinajstić information content (AvgIpc) is 2.43. The molecular weight excluding hydrogens is 336 g/mol. The molecule has 0 saturated heterocycles. The molecule has 0 bridgehead atoms. The molecule has 0 aliphatic carbocycles. The molecule has 6 heteroatoms. The van der Waals surface area contributed by atoms with Crippen LogP contribution >= 0.6 is 15.9 Å². The summed E-state index contributed by atoms with van der Waals surface area (Å²) >= 11 is 3.46. The van der Waals surface area contributed by atoms with Gasteiger partial charge < -0.3 is 20.5 Å². The molecule has 1 amide bonds. The maximum absolute atomic E-state index is 10.9. The summed E-state index contributed by atoms with van der Waals surface area (Å²) in [6.45, 7) is 7.26. The normalized spacial score (nSPS) is 12.0. The molecule has 0 aromatic heterocycles. The first-order chi connectivity index (χ1) is 9.97. The third-order valence-electron chi connectivity index (χ3n) is 2.99. The van der Waals surface area contributed by atoms with Crippen molar-refractivity contribution >= 4 is 21.8 Å². The van der Waals surface area contributed by atoms with E-state index in [1.807, 2.05) is 19.1 Å². The van der Waals surface area contributed by atoms with E-state index in [4.69, 9.17) is 15.2 Å². The maximum atomic E-state index is 10.9. The zero-order valence-electron chi connectivity index (χ0n) is 12.7. The van der Waals surface area contributed by atoms with Crippen molar-refractivity contribution in [3.63, 3.8) is 0 Å². The van der Waals surface area contributed by atoms with Gasteiger partial charge in [0, 0.05) is 12.6 Å². The van der Waals surface area contributed by atoms with Gasteiger partial charge in [-0.15, -0.1) is 0 Å². The number of primary amides is 1. The summed E-state index contributed by atoms with van der Waals surface area (Å²) in [6.07, 6.45) is 1.07. The molecule has 1 rings (SSSR count). The zero-order valence-corrected chi connectivity index (χ0v) is 14.3. The van der Waals surface area contributed by atoms with Gasteiger partial charge in [-0.1, -0.05) is 6.92 Å². The molecule has 1 aromatic rings. The molecule has 1 aromatic carbocycles. The van der Waals surface area contributed by atoms with Crippen LogP contribution in [0, 0.1) is 0 Å². The standard InChI is InChI=1S/C15H23BrN2O3/c1-4-10(3)18-8-11-6-12(16)15(21-9-14(17)19)13(7-11)20-5-2/h6-7,10,18H,4-5,8-9H2,1-3H3,(H2,17,19)/t10-/m0/s1. The van der Waals surface area contributed by atoms with E-state index in [0.29, 0.717) is 24.1 Å². The van der Waals surface area contributed by atoms with E-state index in [0.717, 1.165) is 23.0 Å². The lowest BCUT2D eigenvalue weighted by atomic mass is 10.1. The Morgan fingerprint density at radius 1 is 1.38 bits per heavy atom. The highest BCUT2D eigenvalue weighted by Gasteiger charge is 2.13. The van der Waals surface area contributed by atoms with Gasteiger partial charge in [0.1, 0.15) is 0 Å². The van der Waals surface area contributed by atoms with Crippen molar-refractivity contribution in [2.45, 2.75) is 39.8 Å². The van der Waals surface area contributed by atoms with Gasteiger partial charge in [-0.25, -0.2) is 0 Å². The van der Waals surface area contributed by atoms with Crippen molar-refractivity contribution in [1.29, 1.82) is 0 Å². The van der Waals surface area contributed by atoms with Crippen LogP contribution in [-0.4, -0.2) is 25.2 Å². The van der Waals surface area contributed by atoms with E-state index in [-0.39, 0.29) is 6.61 Å². The predicted molar refractivity (Wildman–Crippen MR) is 86.6 cm³/mol. The molecule has 0 spiro atoms. The van der Waals surface area contributed by atoms with Crippen LogP contribution in [0.3, 0.4) is 0 Å².